The first kappa shape index (κ1) is 21.8. The molecule has 1 saturated carbocycles. The number of aryl methyl sites for hydroxylation is 2. The van der Waals surface area contributed by atoms with E-state index in [-0.39, 0.29) is 5.91 Å². The van der Waals surface area contributed by atoms with Gasteiger partial charge in [-0.3, -0.25) is 4.79 Å². The van der Waals surface area contributed by atoms with Crippen LogP contribution in [0.3, 0.4) is 0 Å². The van der Waals surface area contributed by atoms with Gasteiger partial charge in [0.25, 0.3) is 0 Å². The summed E-state index contributed by atoms with van der Waals surface area (Å²) in [5.74, 6) is 0.892. The molecule has 7 heteroatoms. The molecule has 0 unspecified atom stereocenters. The smallest absolute Gasteiger partial charge is 0.220 e. The normalized spacial score (nSPS) is 14.3. The lowest BCUT2D eigenvalue weighted by molar-refractivity contribution is -0.121. The van der Waals surface area contributed by atoms with E-state index in [9.17, 15) is 10.1 Å². The number of nitriles is 1. The summed E-state index contributed by atoms with van der Waals surface area (Å²) in [7, 11) is 0. The maximum absolute atomic E-state index is 12.4. The molecule has 7 nitrogen and oxygen atoms in total. The fourth-order valence-corrected chi connectivity index (χ4v) is 4.34. The Morgan fingerprint density at radius 3 is 2.69 bits per heavy atom. The Hall–Kier alpha value is -3.40. The standard InChI is InChI=1S/C25H29N5O2/c1-17-23(18(2)30-25(29-17)20(14-26)16-28-30)12-13-24(31)27-15-19-8-10-22(11-9-19)32-21-6-4-3-5-7-21/h8-11,16,21H,3-7,12-13,15H2,1-2H3,(H,27,31). The number of benzene rings is 1. The largest absolute Gasteiger partial charge is 0.490 e. The highest BCUT2D eigenvalue weighted by Gasteiger charge is 2.16. The molecule has 1 amide bonds. The minimum absolute atomic E-state index is 0.00962. The van der Waals surface area contributed by atoms with Crippen molar-refractivity contribution in [3.05, 3.63) is 58.5 Å². The van der Waals surface area contributed by atoms with Crippen LogP contribution in [-0.4, -0.2) is 26.6 Å². The highest BCUT2D eigenvalue weighted by atomic mass is 16.5. The molecule has 166 valence electrons. The van der Waals surface area contributed by atoms with Gasteiger partial charge >= 0.3 is 0 Å². The molecule has 3 aromatic rings. The molecule has 2 heterocycles. The lowest BCUT2D eigenvalue weighted by atomic mass is 9.98. The third-order valence-corrected chi connectivity index (χ3v) is 6.20. The number of aromatic nitrogens is 3. The Morgan fingerprint density at radius 2 is 1.97 bits per heavy atom. The van der Waals surface area contributed by atoms with Gasteiger partial charge in [0.2, 0.25) is 5.91 Å². The Labute approximate surface area is 188 Å². The number of hydrogen-bond donors (Lipinski definition) is 1. The van der Waals surface area contributed by atoms with Crippen molar-refractivity contribution >= 4 is 11.6 Å². The van der Waals surface area contributed by atoms with Crippen molar-refractivity contribution in [2.24, 2.45) is 0 Å². The van der Waals surface area contributed by atoms with Gasteiger partial charge in [0.1, 0.15) is 17.4 Å². The molecular weight excluding hydrogens is 402 g/mol. The van der Waals surface area contributed by atoms with Gasteiger partial charge < -0.3 is 10.1 Å². The number of hydrogen-bond acceptors (Lipinski definition) is 5. The number of nitrogens with one attached hydrogen (secondary N) is 1. The number of amides is 1. The third kappa shape index (κ3) is 4.91. The molecule has 1 N–H and O–H groups in total. The Balaban J connectivity index is 1.29. The van der Waals surface area contributed by atoms with E-state index in [1.807, 2.05) is 38.1 Å². The third-order valence-electron chi connectivity index (χ3n) is 6.20. The van der Waals surface area contributed by atoms with Crippen LogP contribution in [-0.2, 0) is 17.8 Å². The summed E-state index contributed by atoms with van der Waals surface area (Å²) < 4.78 is 7.74. The van der Waals surface area contributed by atoms with E-state index in [1.54, 1.807) is 4.52 Å². The first-order valence-corrected chi connectivity index (χ1v) is 11.3. The average Bonchev–Trinajstić information content (AvgIpc) is 3.22. The number of ether oxygens (including phenoxy) is 1. The summed E-state index contributed by atoms with van der Waals surface area (Å²) in [5, 5.41) is 16.4. The van der Waals surface area contributed by atoms with Gasteiger partial charge in [0, 0.05) is 24.4 Å². The summed E-state index contributed by atoms with van der Waals surface area (Å²) in [4.78, 5) is 17.0. The van der Waals surface area contributed by atoms with Crippen molar-refractivity contribution in [2.45, 2.75) is 71.4 Å². The van der Waals surface area contributed by atoms with E-state index in [4.69, 9.17) is 4.74 Å². The van der Waals surface area contributed by atoms with E-state index in [1.165, 1.54) is 25.5 Å². The van der Waals surface area contributed by atoms with Crippen molar-refractivity contribution in [3.8, 4) is 11.8 Å². The maximum atomic E-state index is 12.4. The lowest BCUT2D eigenvalue weighted by Crippen LogP contribution is -2.23. The highest BCUT2D eigenvalue weighted by Crippen LogP contribution is 2.23. The van der Waals surface area contributed by atoms with Crippen molar-refractivity contribution in [2.75, 3.05) is 0 Å². The van der Waals surface area contributed by atoms with Gasteiger partial charge in [-0.05, 0) is 69.2 Å². The number of carbonyl (C=O) groups excluding carboxylic acids is 1. The molecule has 0 saturated heterocycles. The SMILES string of the molecule is Cc1nc2c(C#N)cnn2c(C)c1CCC(=O)NCc1ccc(OC2CCCCC2)cc1. The van der Waals surface area contributed by atoms with Crippen molar-refractivity contribution in [3.63, 3.8) is 0 Å². The second kappa shape index (κ2) is 9.82. The summed E-state index contributed by atoms with van der Waals surface area (Å²) in [6.45, 7) is 4.34. The van der Waals surface area contributed by atoms with Crippen LogP contribution in [0.4, 0.5) is 0 Å². The molecule has 1 aromatic carbocycles. The number of fused-ring (bicyclic) bond motifs is 1. The molecule has 0 spiro atoms. The van der Waals surface area contributed by atoms with Crippen molar-refractivity contribution in [1.82, 2.24) is 19.9 Å². The number of nitrogens with zero attached hydrogens (tertiary/aromatic N) is 4. The first-order valence-electron chi connectivity index (χ1n) is 11.3. The van der Waals surface area contributed by atoms with Crippen LogP contribution in [0.2, 0.25) is 0 Å². The predicted molar refractivity (Wildman–Crippen MR) is 121 cm³/mol. The minimum atomic E-state index is -0.00962. The van der Waals surface area contributed by atoms with Crippen LogP contribution >= 0.6 is 0 Å². The Kier molecular flexibility index (Phi) is 6.69. The van der Waals surface area contributed by atoms with E-state index >= 15 is 0 Å². The van der Waals surface area contributed by atoms with Crippen LogP contribution in [0.1, 0.15) is 66.6 Å². The Morgan fingerprint density at radius 1 is 1.22 bits per heavy atom. The lowest BCUT2D eigenvalue weighted by Gasteiger charge is -2.23. The average molecular weight is 432 g/mol. The topological polar surface area (TPSA) is 92.3 Å². The molecule has 0 radical (unpaired) electrons. The summed E-state index contributed by atoms with van der Waals surface area (Å²) in [5.41, 5.74) is 4.79. The first-order chi connectivity index (χ1) is 15.5. The predicted octanol–water partition coefficient (Wildman–Crippen LogP) is 4.18. The van der Waals surface area contributed by atoms with Crippen LogP contribution in [0.15, 0.2) is 30.5 Å². The quantitative estimate of drug-likeness (QED) is 0.606. The zero-order chi connectivity index (χ0) is 22.5. The number of carbonyl (C=O) groups is 1. The van der Waals surface area contributed by atoms with E-state index < -0.39 is 0 Å². The summed E-state index contributed by atoms with van der Waals surface area (Å²) in [6.07, 6.45) is 8.89. The molecular formula is C25H29N5O2. The zero-order valence-corrected chi connectivity index (χ0v) is 18.7. The second-order valence-electron chi connectivity index (χ2n) is 8.47. The van der Waals surface area contributed by atoms with Gasteiger partial charge in [-0.1, -0.05) is 18.6 Å². The Bertz CT molecular complexity index is 1140. The van der Waals surface area contributed by atoms with Crippen molar-refractivity contribution < 1.29 is 9.53 Å². The van der Waals surface area contributed by atoms with Gasteiger partial charge in [-0.25, -0.2) is 9.50 Å². The van der Waals surface area contributed by atoms with E-state index in [2.05, 4.69) is 21.5 Å². The zero-order valence-electron chi connectivity index (χ0n) is 18.7. The van der Waals surface area contributed by atoms with Gasteiger partial charge in [-0.15, -0.1) is 0 Å². The molecule has 0 bridgehead atoms. The van der Waals surface area contributed by atoms with Crippen LogP contribution < -0.4 is 10.1 Å². The van der Waals surface area contributed by atoms with E-state index in [0.29, 0.717) is 36.7 Å². The molecule has 0 aliphatic heterocycles. The monoisotopic (exact) mass is 431 g/mol. The van der Waals surface area contributed by atoms with Gasteiger partial charge in [0.15, 0.2) is 5.65 Å². The minimum Gasteiger partial charge on any atom is -0.490 e. The maximum Gasteiger partial charge on any atom is 0.220 e. The van der Waals surface area contributed by atoms with Gasteiger partial charge in [0.05, 0.1) is 12.3 Å². The molecule has 2 aromatic heterocycles. The van der Waals surface area contributed by atoms with Crippen molar-refractivity contribution in [1.29, 1.82) is 5.26 Å². The molecule has 1 fully saturated rings. The molecule has 1 aliphatic carbocycles. The van der Waals surface area contributed by atoms with Crippen LogP contribution in [0.25, 0.3) is 5.65 Å². The highest BCUT2D eigenvalue weighted by molar-refractivity contribution is 5.76. The number of rotatable bonds is 7. The fourth-order valence-electron chi connectivity index (χ4n) is 4.34. The molecule has 4 rings (SSSR count). The molecule has 1 aliphatic rings. The summed E-state index contributed by atoms with van der Waals surface area (Å²) >= 11 is 0. The van der Waals surface area contributed by atoms with Crippen LogP contribution in [0.5, 0.6) is 5.75 Å². The van der Waals surface area contributed by atoms with Crippen LogP contribution in [0, 0.1) is 25.2 Å². The molecule has 32 heavy (non-hydrogen) atoms. The van der Waals surface area contributed by atoms with E-state index in [0.717, 1.165) is 41.1 Å². The second-order valence-corrected chi connectivity index (χ2v) is 8.47. The summed E-state index contributed by atoms with van der Waals surface area (Å²) in [6, 6.07) is 10.1. The molecule has 0 atom stereocenters. The van der Waals surface area contributed by atoms with Gasteiger partial charge in [-0.2, -0.15) is 10.4 Å². The fraction of sp³-hybridized carbons (Fsp3) is 0.440.